The first-order valence-corrected chi connectivity index (χ1v) is 11.1. The lowest BCUT2D eigenvalue weighted by Gasteiger charge is -2.32. The molecule has 5 nitrogen and oxygen atoms in total. The Bertz CT molecular complexity index is 941. The molecule has 0 saturated heterocycles. The van der Waals surface area contributed by atoms with Crippen molar-refractivity contribution in [3.8, 4) is 16.9 Å². The van der Waals surface area contributed by atoms with Gasteiger partial charge in [0.2, 0.25) is 0 Å². The Balaban J connectivity index is 2.53. The summed E-state index contributed by atoms with van der Waals surface area (Å²) in [7, 11) is 1.61. The first-order chi connectivity index (χ1) is 15.2. The average molecular weight is 444 g/mol. The fourth-order valence-electron chi connectivity index (χ4n) is 3.62. The SMILES string of the molecule is CC[C@@H](C)N(C(=O)c1ccc(-c2cc(C(C)=O)ccc2F)c(OCCCOC)c1)C(C)C. The van der Waals surface area contributed by atoms with E-state index >= 15 is 0 Å². The average Bonchev–Trinajstić information content (AvgIpc) is 2.76. The highest BCUT2D eigenvalue weighted by Crippen LogP contribution is 2.34. The number of nitrogens with zero attached hydrogens (tertiary/aromatic N) is 1. The molecule has 0 aliphatic heterocycles. The summed E-state index contributed by atoms with van der Waals surface area (Å²) in [6.07, 6.45) is 1.49. The van der Waals surface area contributed by atoms with Crippen molar-refractivity contribution in [2.75, 3.05) is 20.3 Å². The minimum atomic E-state index is -0.459. The molecule has 0 unspecified atom stereocenters. The van der Waals surface area contributed by atoms with Crippen LogP contribution >= 0.6 is 0 Å². The van der Waals surface area contributed by atoms with Crippen molar-refractivity contribution in [1.82, 2.24) is 4.90 Å². The molecular formula is C26H34FNO4. The molecule has 2 aromatic carbocycles. The van der Waals surface area contributed by atoms with Crippen molar-refractivity contribution in [1.29, 1.82) is 0 Å². The van der Waals surface area contributed by atoms with Crippen LogP contribution in [-0.2, 0) is 4.74 Å². The highest BCUT2D eigenvalue weighted by Gasteiger charge is 2.24. The molecule has 0 radical (unpaired) electrons. The lowest BCUT2D eigenvalue weighted by molar-refractivity contribution is 0.0621. The molecule has 174 valence electrons. The van der Waals surface area contributed by atoms with Gasteiger partial charge in [-0.15, -0.1) is 0 Å². The second kappa shape index (κ2) is 11.8. The van der Waals surface area contributed by atoms with E-state index in [1.165, 1.54) is 25.1 Å². The summed E-state index contributed by atoms with van der Waals surface area (Å²) in [5.41, 5.74) is 1.66. The monoisotopic (exact) mass is 443 g/mol. The lowest BCUT2D eigenvalue weighted by Crippen LogP contribution is -2.43. The van der Waals surface area contributed by atoms with Crippen molar-refractivity contribution in [3.63, 3.8) is 0 Å². The normalized spacial score (nSPS) is 12.0. The van der Waals surface area contributed by atoms with Crippen molar-refractivity contribution < 1.29 is 23.5 Å². The molecule has 0 aliphatic rings. The van der Waals surface area contributed by atoms with Gasteiger partial charge >= 0.3 is 0 Å². The van der Waals surface area contributed by atoms with E-state index in [2.05, 4.69) is 0 Å². The number of benzene rings is 2. The summed E-state index contributed by atoms with van der Waals surface area (Å²) in [6, 6.07) is 9.44. The molecule has 0 heterocycles. The van der Waals surface area contributed by atoms with E-state index in [9.17, 15) is 14.0 Å². The van der Waals surface area contributed by atoms with Crippen LogP contribution < -0.4 is 4.74 Å². The van der Waals surface area contributed by atoms with Crippen LogP contribution in [0.2, 0.25) is 0 Å². The smallest absolute Gasteiger partial charge is 0.254 e. The van der Waals surface area contributed by atoms with Gasteiger partial charge in [0.25, 0.3) is 5.91 Å². The highest BCUT2D eigenvalue weighted by atomic mass is 19.1. The Morgan fingerprint density at radius 3 is 2.28 bits per heavy atom. The van der Waals surface area contributed by atoms with Crippen molar-refractivity contribution in [2.24, 2.45) is 0 Å². The van der Waals surface area contributed by atoms with Gasteiger partial charge in [-0.1, -0.05) is 6.92 Å². The van der Waals surface area contributed by atoms with Gasteiger partial charge in [0.05, 0.1) is 6.61 Å². The number of ether oxygens (including phenoxy) is 2. The van der Waals surface area contributed by atoms with Crippen molar-refractivity contribution >= 4 is 11.7 Å². The van der Waals surface area contributed by atoms with Gasteiger partial charge in [-0.3, -0.25) is 9.59 Å². The van der Waals surface area contributed by atoms with Crippen LogP contribution in [0.25, 0.3) is 11.1 Å². The summed E-state index contributed by atoms with van der Waals surface area (Å²) in [5, 5.41) is 0. The molecule has 1 atom stereocenters. The number of ketones is 1. The molecule has 0 bridgehead atoms. The standard InChI is InChI=1S/C26H34FNO4/c1-7-18(4)28(17(2)3)26(30)21-9-11-22(25(16-21)32-14-8-13-31-6)23-15-20(19(5)29)10-12-24(23)27/h9-12,15-18H,7-8,13-14H2,1-6H3/t18-/m1/s1. The van der Waals surface area contributed by atoms with Gasteiger partial charge < -0.3 is 14.4 Å². The topological polar surface area (TPSA) is 55.8 Å². The van der Waals surface area contributed by atoms with Crippen LogP contribution in [0.4, 0.5) is 4.39 Å². The molecule has 2 rings (SSSR count). The maximum absolute atomic E-state index is 14.7. The number of Topliss-reactive ketones (excluding diaryl/α,β-unsaturated/α-hetero) is 1. The van der Waals surface area contributed by atoms with Crippen LogP contribution in [0.1, 0.15) is 68.2 Å². The largest absolute Gasteiger partial charge is 0.493 e. The fourth-order valence-corrected chi connectivity index (χ4v) is 3.62. The molecule has 2 aromatic rings. The number of methoxy groups -OCH3 is 1. The van der Waals surface area contributed by atoms with Gasteiger partial charge in [-0.2, -0.15) is 0 Å². The molecule has 0 aromatic heterocycles. The highest BCUT2D eigenvalue weighted by molar-refractivity contribution is 5.97. The Morgan fingerprint density at radius 2 is 1.69 bits per heavy atom. The number of halogens is 1. The van der Waals surface area contributed by atoms with Gasteiger partial charge in [-0.05, 0) is 70.5 Å². The molecule has 0 fully saturated rings. The van der Waals surface area contributed by atoms with E-state index in [1.54, 1.807) is 25.3 Å². The molecule has 0 spiro atoms. The van der Waals surface area contributed by atoms with Crippen LogP contribution in [-0.4, -0.2) is 49.0 Å². The van der Waals surface area contributed by atoms with Crippen molar-refractivity contribution in [2.45, 2.75) is 59.5 Å². The summed E-state index contributed by atoms with van der Waals surface area (Å²) >= 11 is 0. The molecule has 0 saturated carbocycles. The summed E-state index contributed by atoms with van der Waals surface area (Å²) < 4.78 is 25.8. The maximum atomic E-state index is 14.7. The Labute approximate surface area is 190 Å². The van der Waals surface area contributed by atoms with Crippen molar-refractivity contribution in [3.05, 3.63) is 53.3 Å². The van der Waals surface area contributed by atoms with E-state index in [1.807, 2.05) is 32.6 Å². The number of amides is 1. The maximum Gasteiger partial charge on any atom is 0.254 e. The zero-order chi connectivity index (χ0) is 23.8. The zero-order valence-electron chi connectivity index (χ0n) is 19.9. The molecule has 0 aliphatic carbocycles. The minimum Gasteiger partial charge on any atom is -0.493 e. The van der Waals surface area contributed by atoms with E-state index in [4.69, 9.17) is 9.47 Å². The third kappa shape index (κ3) is 6.16. The number of carbonyl (C=O) groups excluding carboxylic acids is 2. The predicted molar refractivity (Wildman–Crippen MR) is 125 cm³/mol. The Hall–Kier alpha value is -2.73. The molecular weight excluding hydrogens is 409 g/mol. The van der Waals surface area contributed by atoms with E-state index in [-0.39, 0.29) is 29.3 Å². The first kappa shape index (κ1) is 25.5. The minimum absolute atomic E-state index is 0.0351. The lowest BCUT2D eigenvalue weighted by atomic mass is 9.98. The number of rotatable bonds is 11. The third-order valence-corrected chi connectivity index (χ3v) is 5.50. The van der Waals surface area contributed by atoms with Crippen LogP contribution in [0.15, 0.2) is 36.4 Å². The predicted octanol–water partition coefficient (Wildman–Crippen LogP) is 5.76. The molecule has 1 amide bonds. The van der Waals surface area contributed by atoms with Gasteiger partial charge in [0.15, 0.2) is 5.78 Å². The van der Waals surface area contributed by atoms with E-state index in [0.717, 1.165) is 6.42 Å². The third-order valence-electron chi connectivity index (χ3n) is 5.50. The number of hydrogen-bond donors (Lipinski definition) is 0. The van der Waals surface area contributed by atoms with Crippen LogP contribution in [0, 0.1) is 5.82 Å². The first-order valence-electron chi connectivity index (χ1n) is 11.1. The summed E-state index contributed by atoms with van der Waals surface area (Å²) in [5.74, 6) is -0.305. The summed E-state index contributed by atoms with van der Waals surface area (Å²) in [6.45, 7) is 10.4. The molecule has 6 heteroatoms. The van der Waals surface area contributed by atoms with E-state index in [0.29, 0.717) is 42.1 Å². The quantitative estimate of drug-likeness (QED) is 0.327. The van der Waals surface area contributed by atoms with Crippen LogP contribution in [0.3, 0.4) is 0 Å². The summed E-state index contributed by atoms with van der Waals surface area (Å²) in [4.78, 5) is 27.0. The van der Waals surface area contributed by atoms with Crippen LogP contribution in [0.5, 0.6) is 5.75 Å². The second-order valence-corrected chi connectivity index (χ2v) is 8.22. The van der Waals surface area contributed by atoms with Gasteiger partial charge in [0.1, 0.15) is 11.6 Å². The number of carbonyl (C=O) groups is 2. The van der Waals surface area contributed by atoms with Gasteiger partial charge in [-0.25, -0.2) is 4.39 Å². The second-order valence-electron chi connectivity index (χ2n) is 8.22. The fraction of sp³-hybridized carbons (Fsp3) is 0.462. The molecule has 0 N–H and O–H groups in total. The Kier molecular flexibility index (Phi) is 9.39. The zero-order valence-corrected chi connectivity index (χ0v) is 19.9. The van der Waals surface area contributed by atoms with Gasteiger partial charge in [0, 0.05) is 54.5 Å². The molecule has 32 heavy (non-hydrogen) atoms. The number of hydrogen-bond acceptors (Lipinski definition) is 4. The van der Waals surface area contributed by atoms with E-state index < -0.39 is 5.82 Å². The Morgan fingerprint density at radius 1 is 1.00 bits per heavy atom.